The lowest BCUT2D eigenvalue weighted by atomic mass is 9.82. The number of aromatic nitrogens is 1. The van der Waals surface area contributed by atoms with Crippen molar-refractivity contribution < 1.29 is 29.5 Å². The number of methoxy groups -OCH3 is 1. The molecule has 2 aliphatic rings. The number of hydrogen-bond acceptors (Lipinski definition) is 8. The van der Waals surface area contributed by atoms with Crippen LogP contribution in [0.15, 0.2) is 102 Å². The number of nitrogens with zero attached hydrogens (tertiary/aromatic N) is 4. The smallest absolute Gasteiger partial charge is 0.297 e. The summed E-state index contributed by atoms with van der Waals surface area (Å²) in [5.74, 6) is -1.54. The van der Waals surface area contributed by atoms with Crippen LogP contribution in [0.4, 0.5) is 11.4 Å². The minimum absolute atomic E-state index is 0.0263. The molecule has 0 saturated heterocycles. The number of hydrogen-bond donors (Lipinski definition) is 2. The van der Waals surface area contributed by atoms with Crippen LogP contribution in [0, 0.1) is 16.0 Å². The van der Waals surface area contributed by atoms with E-state index >= 15 is 0 Å². The molecule has 6 rings (SSSR count). The second kappa shape index (κ2) is 13.5. The molecular formula is C37H36N4O8. The number of anilines is 1. The lowest BCUT2D eigenvalue weighted by Gasteiger charge is -2.36. The first-order valence-corrected chi connectivity index (χ1v) is 15.9. The standard InChI is InChI=1S/C37H36N4O8/c1-24(7-5-11-34(43)39-22-27-9-4-3-8-26(27)19-30(39)23-42)37(46)31-20-29(41(47)48)16-17-32(31)40(36(37)45)21-25-12-14-28(15-13-25)38-18-6-10-33(49-2)35(38)44/h3-10,12-18,20,24,30,42,46H,11,19,21-23H2,1-2H3/b7-5+/t24-,30+,37+/m1/s1. The summed E-state index contributed by atoms with van der Waals surface area (Å²) in [7, 11) is 1.42. The first kappa shape index (κ1) is 33.3. The molecular weight excluding hydrogens is 628 g/mol. The quantitative estimate of drug-likeness (QED) is 0.146. The Bertz CT molecular complexity index is 2010. The van der Waals surface area contributed by atoms with Crippen LogP contribution in [-0.2, 0) is 34.7 Å². The Morgan fingerprint density at radius 3 is 2.51 bits per heavy atom. The summed E-state index contributed by atoms with van der Waals surface area (Å²) in [6, 6.07) is 21.6. The number of fused-ring (bicyclic) bond motifs is 2. The number of rotatable bonds is 10. The number of carbonyl (C=O) groups is 2. The largest absolute Gasteiger partial charge is 0.491 e. The molecule has 2 aliphatic heterocycles. The van der Waals surface area contributed by atoms with E-state index in [0.717, 1.165) is 11.1 Å². The van der Waals surface area contributed by atoms with Gasteiger partial charge in [0.15, 0.2) is 11.4 Å². The van der Waals surface area contributed by atoms with E-state index in [1.165, 1.54) is 34.8 Å². The van der Waals surface area contributed by atoms with Crippen LogP contribution in [0.3, 0.4) is 0 Å². The SMILES string of the molecule is COc1cccn(-c2ccc(CN3C(=O)[C@](O)([C@H](C)/C=C/CC(=O)N4Cc5ccccc5C[C@H]4CO)c4cc([N+](=O)[O-])ccc43)cc2)c1=O. The Morgan fingerprint density at radius 2 is 1.82 bits per heavy atom. The molecule has 2 N–H and O–H groups in total. The molecule has 0 spiro atoms. The summed E-state index contributed by atoms with van der Waals surface area (Å²) in [6.07, 6.45) is 5.30. The second-order valence-electron chi connectivity index (χ2n) is 12.3. The fourth-order valence-electron chi connectivity index (χ4n) is 6.65. The molecule has 0 bridgehead atoms. The van der Waals surface area contributed by atoms with Gasteiger partial charge in [-0.2, -0.15) is 0 Å². The van der Waals surface area contributed by atoms with Crippen molar-refractivity contribution in [3.63, 3.8) is 0 Å². The van der Waals surface area contributed by atoms with Crippen molar-refractivity contribution in [2.45, 2.75) is 44.5 Å². The van der Waals surface area contributed by atoms with Gasteiger partial charge in [-0.15, -0.1) is 0 Å². The number of aliphatic hydroxyl groups excluding tert-OH is 1. The predicted molar refractivity (Wildman–Crippen MR) is 181 cm³/mol. The molecule has 0 radical (unpaired) electrons. The Hall–Kier alpha value is -5.59. The molecule has 3 heterocycles. The molecule has 1 aromatic heterocycles. The molecule has 252 valence electrons. The summed E-state index contributed by atoms with van der Waals surface area (Å²) in [4.78, 5) is 54.2. The van der Waals surface area contributed by atoms with Crippen molar-refractivity contribution in [2.24, 2.45) is 5.92 Å². The van der Waals surface area contributed by atoms with Gasteiger partial charge in [0.25, 0.3) is 17.2 Å². The van der Waals surface area contributed by atoms with Crippen LogP contribution in [0.2, 0.25) is 0 Å². The fourth-order valence-corrected chi connectivity index (χ4v) is 6.65. The molecule has 0 saturated carbocycles. The lowest BCUT2D eigenvalue weighted by molar-refractivity contribution is -0.385. The molecule has 0 fully saturated rings. The van der Waals surface area contributed by atoms with Gasteiger partial charge in [-0.3, -0.25) is 29.1 Å². The van der Waals surface area contributed by atoms with Gasteiger partial charge in [-0.1, -0.05) is 55.5 Å². The minimum atomic E-state index is -2.15. The maximum atomic E-state index is 14.1. The van der Waals surface area contributed by atoms with E-state index in [2.05, 4.69) is 0 Å². The topological polar surface area (TPSA) is 155 Å². The van der Waals surface area contributed by atoms with Gasteiger partial charge in [0.05, 0.1) is 36.9 Å². The van der Waals surface area contributed by atoms with Crippen molar-refractivity contribution >= 4 is 23.2 Å². The molecule has 0 unspecified atom stereocenters. The van der Waals surface area contributed by atoms with E-state index in [0.29, 0.717) is 29.9 Å². The van der Waals surface area contributed by atoms with Crippen molar-refractivity contribution in [3.05, 3.63) is 140 Å². The minimum Gasteiger partial charge on any atom is -0.491 e. The van der Waals surface area contributed by atoms with E-state index < -0.39 is 22.3 Å². The molecule has 4 aromatic rings. The maximum absolute atomic E-state index is 14.1. The van der Waals surface area contributed by atoms with E-state index in [1.54, 1.807) is 66.6 Å². The van der Waals surface area contributed by atoms with E-state index in [4.69, 9.17) is 4.74 Å². The van der Waals surface area contributed by atoms with Gasteiger partial charge in [-0.05, 0) is 53.4 Å². The molecule has 2 amide bonds. The highest BCUT2D eigenvalue weighted by molar-refractivity contribution is 6.07. The van der Waals surface area contributed by atoms with Crippen molar-refractivity contribution in [1.29, 1.82) is 0 Å². The number of nitro benzene ring substituents is 1. The predicted octanol–water partition coefficient (Wildman–Crippen LogP) is 4.02. The zero-order chi connectivity index (χ0) is 34.9. The lowest BCUT2D eigenvalue weighted by Crippen LogP contribution is -2.46. The van der Waals surface area contributed by atoms with Gasteiger partial charge < -0.3 is 24.7 Å². The number of non-ortho nitro benzene ring substituents is 1. The summed E-state index contributed by atoms with van der Waals surface area (Å²) >= 11 is 0. The first-order valence-electron chi connectivity index (χ1n) is 15.9. The first-order chi connectivity index (χ1) is 23.6. The van der Waals surface area contributed by atoms with Crippen LogP contribution in [0.25, 0.3) is 5.69 Å². The molecule has 0 aliphatic carbocycles. The Kier molecular flexibility index (Phi) is 9.18. The Labute approximate surface area is 282 Å². The van der Waals surface area contributed by atoms with E-state index in [1.807, 2.05) is 24.3 Å². The zero-order valence-corrected chi connectivity index (χ0v) is 27.1. The average Bonchev–Trinajstić information content (AvgIpc) is 3.33. The number of carbonyl (C=O) groups excluding carboxylic acids is 2. The van der Waals surface area contributed by atoms with E-state index in [-0.39, 0.29) is 54.1 Å². The van der Waals surface area contributed by atoms with Crippen molar-refractivity contribution in [2.75, 3.05) is 18.6 Å². The monoisotopic (exact) mass is 664 g/mol. The fraction of sp³-hybridized carbons (Fsp3) is 0.270. The second-order valence-corrected chi connectivity index (χ2v) is 12.3. The van der Waals surface area contributed by atoms with Crippen molar-refractivity contribution in [1.82, 2.24) is 9.47 Å². The van der Waals surface area contributed by atoms with Gasteiger partial charge >= 0.3 is 0 Å². The molecule has 3 aromatic carbocycles. The summed E-state index contributed by atoms with van der Waals surface area (Å²) < 4.78 is 6.57. The van der Waals surface area contributed by atoms with Crippen LogP contribution in [-0.4, -0.2) is 56.2 Å². The summed E-state index contributed by atoms with van der Waals surface area (Å²) in [5, 5.41) is 33.7. The van der Waals surface area contributed by atoms with Gasteiger partial charge in [0.1, 0.15) is 0 Å². The molecule has 3 atom stereocenters. The van der Waals surface area contributed by atoms with Gasteiger partial charge in [0.2, 0.25) is 5.91 Å². The Morgan fingerprint density at radius 1 is 1.08 bits per heavy atom. The van der Waals surface area contributed by atoms with Gasteiger partial charge in [0, 0.05) is 48.5 Å². The molecule has 49 heavy (non-hydrogen) atoms. The number of benzene rings is 3. The summed E-state index contributed by atoms with van der Waals surface area (Å²) in [6.45, 7) is 1.86. The van der Waals surface area contributed by atoms with Crippen molar-refractivity contribution in [3.8, 4) is 11.4 Å². The van der Waals surface area contributed by atoms with Crippen LogP contribution in [0.5, 0.6) is 5.75 Å². The highest BCUT2D eigenvalue weighted by Crippen LogP contribution is 2.47. The maximum Gasteiger partial charge on any atom is 0.297 e. The van der Waals surface area contributed by atoms with E-state index in [9.17, 15) is 34.7 Å². The number of pyridine rings is 1. The highest BCUT2D eigenvalue weighted by atomic mass is 16.6. The molecule has 12 heteroatoms. The van der Waals surface area contributed by atoms with Crippen LogP contribution in [0.1, 0.15) is 35.6 Å². The summed E-state index contributed by atoms with van der Waals surface area (Å²) in [5.41, 5.74) is 1.08. The molecule has 12 nitrogen and oxygen atoms in total. The number of ether oxygens (including phenoxy) is 1. The highest BCUT2D eigenvalue weighted by Gasteiger charge is 2.53. The third-order valence-corrected chi connectivity index (χ3v) is 9.41. The third-order valence-electron chi connectivity index (χ3n) is 9.41. The average molecular weight is 665 g/mol. The number of amides is 2. The normalized spacial score (nSPS) is 19.1. The third kappa shape index (κ3) is 6.12. The zero-order valence-electron chi connectivity index (χ0n) is 27.1. The van der Waals surface area contributed by atoms with Crippen LogP contribution < -0.4 is 15.2 Å². The number of nitro groups is 1. The van der Waals surface area contributed by atoms with Crippen LogP contribution >= 0.6 is 0 Å². The number of aliphatic hydroxyl groups is 2. The Balaban J connectivity index is 1.23. The van der Waals surface area contributed by atoms with Gasteiger partial charge in [-0.25, -0.2) is 0 Å².